The normalized spacial score (nSPS) is 15.2. The van der Waals surface area contributed by atoms with Crippen LogP contribution in [0.4, 0.5) is 0 Å². The van der Waals surface area contributed by atoms with Crippen molar-refractivity contribution in [1.82, 2.24) is 0 Å². The predicted octanol–water partition coefficient (Wildman–Crippen LogP) is 10.4. The largest absolute Gasteiger partial charge is 0.472 e. The highest BCUT2D eigenvalue weighted by molar-refractivity contribution is 7.47. The van der Waals surface area contributed by atoms with Crippen LogP contribution in [0.15, 0.2) is 85.1 Å². The van der Waals surface area contributed by atoms with Crippen LogP contribution >= 0.6 is 7.82 Å². The lowest BCUT2D eigenvalue weighted by Gasteiger charge is -2.20. The van der Waals surface area contributed by atoms with Gasteiger partial charge in [-0.15, -0.1) is 0 Å². The molecular weight excluding hydrogens is 759 g/mol. The van der Waals surface area contributed by atoms with Gasteiger partial charge in [-0.2, -0.15) is 0 Å². The number of aliphatic hydroxyl groups excluding tert-OH is 3. The maximum absolute atomic E-state index is 12.6. The topological polar surface area (TPSA) is 169 Å². The van der Waals surface area contributed by atoms with Crippen LogP contribution in [0, 0.1) is 0 Å². The molecule has 0 aromatic rings. The second-order valence-electron chi connectivity index (χ2n) is 14.2. The number of hydrogen-bond donors (Lipinski definition) is 4. The van der Waals surface area contributed by atoms with E-state index >= 15 is 0 Å². The van der Waals surface area contributed by atoms with Crippen LogP contribution in [0.1, 0.15) is 149 Å². The molecule has 4 atom stereocenters. The smallest absolute Gasteiger partial charge is 0.462 e. The Labute approximate surface area is 350 Å². The highest BCUT2D eigenvalue weighted by Gasteiger charge is 2.27. The third kappa shape index (κ3) is 39.9. The Balaban J connectivity index is 4.54. The van der Waals surface area contributed by atoms with Crippen molar-refractivity contribution in [2.75, 3.05) is 26.4 Å². The molecule has 4 N–H and O–H groups in total. The number of phosphoric ester groups is 1. The third-order valence-corrected chi connectivity index (χ3v) is 9.58. The molecule has 332 valence electrons. The highest BCUT2D eigenvalue weighted by atomic mass is 31.2. The van der Waals surface area contributed by atoms with E-state index < -0.39 is 57.9 Å². The van der Waals surface area contributed by atoms with Crippen molar-refractivity contribution < 1.29 is 52.9 Å². The summed E-state index contributed by atoms with van der Waals surface area (Å²) in [6, 6.07) is 0. The fourth-order valence-corrected chi connectivity index (χ4v) is 6.06. The SMILES string of the molecule is CC/C=C\C/C=C\C/C=C\C=C\C(O)C/C=C\C/C=C\CCC(=O)OC(COC(=O)CCCCCCC/C=C\CCCCCCCC)COP(=O)(O)OCC(O)CO. The summed E-state index contributed by atoms with van der Waals surface area (Å²) in [5.41, 5.74) is 0. The van der Waals surface area contributed by atoms with Crippen molar-refractivity contribution >= 4 is 19.8 Å². The first-order valence-electron chi connectivity index (χ1n) is 21.7. The zero-order valence-electron chi connectivity index (χ0n) is 35.6. The first-order chi connectivity index (χ1) is 28.1. The fourth-order valence-electron chi connectivity index (χ4n) is 5.27. The second kappa shape index (κ2) is 40.9. The molecule has 12 heteroatoms. The fraction of sp³-hybridized carbons (Fsp3) is 0.652. The molecule has 0 aromatic heterocycles. The van der Waals surface area contributed by atoms with Gasteiger partial charge >= 0.3 is 19.8 Å². The quantitative estimate of drug-likeness (QED) is 0.0153. The van der Waals surface area contributed by atoms with Crippen LogP contribution < -0.4 is 0 Å². The molecule has 0 aliphatic carbocycles. The zero-order chi connectivity index (χ0) is 42.8. The van der Waals surface area contributed by atoms with Gasteiger partial charge in [0.15, 0.2) is 6.10 Å². The van der Waals surface area contributed by atoms with Crippen molar-refractivity contribution in [2.24, 2.45) is 0 Å². The van der Waals surface area contributed by atoms with E-state index in [4.69, 9.17) is 19.1 Å². The van der Waals surface area contributed by atoms with Crippen molar-refractivity contribution in [2.45, 2.75) is 167 Å². The van der Waals surface area contributed by atoms with E-state index in [0.717, 1.165) is 57.8 Å². The van der Waals surface area contributed by atoms with E-state index in [-0.39, 0.29) is 19.4 Å². The molecule has 0 rings (SSSR count). The minimum atomic E-state index is -4.66. The Morgan fingerprint density at radius 3 is 1.84 bits per heavy atom. The number of ether oxygens (including phenoxy) is 2. The lowest BCUT2D eigenvalue weighted by Crippen LogP contribution is -2.29. The Morgan fingerprint density at radius 2 is 1.17 bits per heavy atom. The minimum absolute atomic E-state index is 0.0122. The van der Waals surface area contributed by atoms with Crippen LogP contribution in [0.25, 0.3) is 0 Å². The summed E-state index contributed by atoms with van der Waals surface area (Å²) in [5, 5.41) is 28.4. The van der Waals surface area contributed by atoms with Gasteiger partial charge in [0.2, 0.25) is 0 Å². The summed E-state index contributed by atoms with van der Waals surface area (Å²) < 4.78 is 32.6. The Morgan fingerprint density at radius 1 is 0.603 bits per heavy atom. The number of esters is 2. The Bertz CT molecular complexity index is 1250. The van der Waals surface area contributed by atoms with Gasteiger partial charge in [0.05, 0.1) is 25.9 Å². The molecule has 0 amide bonds. The van der Waals surface area contributed by atoms with E-state index in [1.165, 1.54) is 38.5 Å². The zero-order valence-corrected chi connectivity index (χ0v) is 36.5. The average molecular weight is 837 g/mol. The van der Waals surface area contributed by atoms with Gasteiger partial charge < -0.3 is 29.7 Å². The second-order valence-corrected chi connectivity index (χ2v) is 15.6. The van der Waals surface area contributed by atoms with E-state index in [9.17, 15) is 29.3 Å². The van der Waals surface area contributed by atoms with Gasteiger partial charge in [-0.3, -0.25) is 18.6 Å². The lowest BCUT2D eigenvalue weighted by atomic mass is 10.1. The molecule has 0 bridgehead atoms. The first kappa shape index (κ1) is 55.1. The van der Waals surface area contributed by atoms with Crippen LogP contribution in [0.5, 0.6) is 0 Å². The van der Waals surface area contributed by atoms with Crippen LogP contribution in [-0.4, -0.2) is 76.9 Å². The number of carbonyl (C=O) groups is 2. The van der Waals surface area contributed by atoms with Crippen LogP contribution in [0.2, 0.25) is 0 Å². The van der Waals surface area contributed by atoms with Gasteiger partial charge in [0.25, 0.3) is 0 Å². The summed E-state index contributed by atoms with van der Waals surface area (Å²) in [7, 11) is -4.66. The summed E-state index contributed by atoms with van der Waals surface area (Å²) in [6.45, 7) is 2.06. The summed E-state index contributed by atoms with van der Waals surface area (Å²) in [6.07, 6.45) is 44.4. The van der Waals surface area contributed by atoms with Crippen molar-refractivity contribution in [3.8, 4) is 0 Å². The molecule has 0 heterocycles. The maximum Gasteiger partial charge on any atom is 0.472 e. The number of rotatable bonds is 39. The minimum Gasteiger partial charge on any atom is -0.462 e. The lowest BCUT2D eigenvalue weighted by molar-refractivity contribution is -0.161. The van der Waals surface area contributed by atoms with Gasteiger partial charge in [-0.1, -0.05) is 150 Å². The third-order valence-electron chi connectivity index (χ3n) is 8.63. The van der Waals surface area contributed by atoms with Crippen molar-refractivity contribution in [3.05, 3.63) is 85.1 Å². The number of aliphatic hydroxyl groups is 3. The van der Waals surface area contributed by atoms with Crippen molar-refractivity contribution in [1.29, 1.82) is 0 Å². The predicted molar refractivity (Wildman–Crippen MR) is 234 cm³/mol. The summed E-state index contributed by atoms with van der Waals surface area (Å²) in [4.78, 5) is 35.0. The average Bonchev–Trinajstić information content (AvgIpc) is 3.21. The number of allylic oxidation sites excluding steroid dienone is 12. The number of hydrogen-bond acceptors (Lipinski definition) is 10. The Kier molecular flexibility index (Phi) is 38.8. The Hall–Kier alpha value is -2.89. The van der Waals surface area contributed by atoms with E-state index in [1.54, 1.807) is 6.08 Å². The molecule has 58 heavy (non-hydrogen) atoms. The molecule has 0 spiro atoms. The molecule has 0 saturated carbocycles. The van der Waals surface area contributed by atoms with E-state index in [2.05, 4.69) is 54.8 Å². The standard InChI is InChI=1S/C46H77O11P/c1-3-5-7-9-11-13-15-16-17-18-19-21-23-28-32-36-45(50)54-40-44(41-56-58(52,53)55-39-43(49)38-47)57-46(51)37-33-29-25-24-27-31-35-42(48)34-30-26-22-20-14-12-10-8-6-4-2/h6,8,12,14,16-17,22,25-27,29-31,34,42-44,47-49H,3-5,7,9-11,13,15,18-21,23-24,28,32-33,35-41H2,1-2H3,(H,52,53)/b8-6-,14-12-,17-16-,26-22-,29-25-,31-27-,34-30+. The molecule has 0 saturated heterocycles. The molecule has 0 fully saturated rings. The summed E-state index contributed by atoms with van der Waals surface area (Å²) in [5.74, 6) is -1.09. The van der Waals surface area contributed by atoms with Gasteiger partial charge in [-0.25, -0.2) is 4.57 Å². The van der Waals surface area contributed by atoms with Crippen LogP contribution in [-0.2, 0) is 32.7 Å². The van der Waals surface area contributed by atoms with Crippen molar-refractivity contribution in [3.63, 3.8) is 0 Å². The number of unbranched alkanes of at least 4 members (excludes halogenated alkanes) is 11. The molecule has 0 aromatic carbocycles. The summed E-state index contributed by atoms with van der Waals surface area (Å²) >= 11 is 0. The molecule has 0 aliphatic heterocycles. The first-order valence-corrected chi connectivity index (χ1v) is 23.1. The molecule has 0 aliphatic rings. The molecular formula is C46H77O11P. The van der Waals surface area contributed by atoms with Gasteiger partial charge in [-0.05, 0) is 70.6 Å². The molecule has 4 unspecified atom stereocenters. The highest BCUT2D eigenvalue weighted by Crippen LogP contribution is 2.43. The molecule has 11 nitrogen and oxygen atoms in total. The van der Waals surface area contributed by atoms with Crippen LogP contribution in [0.3, 0.4) is 0 Å². The number of phosphoric acid groups is 1. The van der Waals surface area contributed by atoms with E-state index in [0.29, 0.717) is 25.7 Å². The monoisotopic (exact) mass is 837 g/mol. The molecule has 0 radical (unpaired) electrons. The van der Waals surface area contributed by atoms with Gasteiger partial charge in [0, 0.05) is 12.8 Å². The number of carbonyl (C=O) groups excluding carboxylic acids is 2. The van der Waals surface area contributed by atoms with Gasteiger partial charge in [0.1, 0.15) is 12.7 Å². The van der Waals surface area contributed by atoms with E-state index in [1.807, 2.05) is 42.5 Å². The maximum atomic E-state index is 12.6.